The Hall–Kier alpha value is -3.93. The minimum Gasteiger partial charge on any atom is -0.455 e. The summed E-state index contributed by atoms with van der Waals surface area (Å²) in [6.07, 6.45) is -0.364. The first-order valence-electron chi connectivity index (χ1n) is 11.2. The van der Waals surface area contributed by atoms with Gasteiger partial charge < -0.3 is 14.6 Å². The number of nitrogens with zero attached hydrogens (tertiary/aromatic N) is 3. The zero-order valence-corrected chi connectivity index (χ0v) is 20.5. The van der Waals surface area contributed by atoms with E-state index in [1.54, 1.807) is 24.1 Å². The number of carbonyl (C=O) groups excluding carboxylic acids is 1. The number of sulfone groups is 1. The Kier molecular flexibility index (Phi) is 5.94. The molecule has 1 atom stereocenters. The first-order chi connectivity index (χ1) is 17.4. The molecule has 1 aromatic carbocycles. The average Bonchev–Trinajstić information content (AvgIpc) is 3.40. The molecule has 4 aromatic rings. The van der Waals surface area contributed by atoms with Crippen LogP contribution >= 0.6 is 0 Å². The molecule has 12 heteroatoms. The van der Waals surface area contributed by atoms with E-state index in [9.17, 15) is 26.4 Å². The minimum atomic E-state index is -4.48. The van der Waals surface area contributed by atoms with Crippen molar-refractivity contribution in [3.8, 4) is 22.9 Å². The van der Waals surface area contributed by atoms with Crippen LogP contribution < -0.4 is 4.74 Å². The van der Waals surface area contributed by atoms with Crippen molar-refractivity contribution in [3.63, 3.8) is 0 Å². The van der Waals surface area contributed by atoms with Crippen molar-refractivity contribution < 1.29 is 31.1 Å². The maximum Gasteiger partial charge on any atom is 0.417 e. The number of aromatic nitrogens is 3. The number of halogens is 3. The third-order valence-electron chi connectivity index (χ3n) is 6.29. The summed E-state index contributed by atoms with van der Waals surface area (Å²) in [5.41, 5.74) is 1.43. The fourth-order valence-electron chi connectivity index (χ4n) is 4.33. The number of aromatic amines is 1. The highest BCUT2D eigenvalue weighted by Crippen LogP contribution is 2.41. The molecule has 1 aliphatic rings. The molecule has 1 amide bonds. The standard InChI is InChI=1S/C25H21F3N4O4S/c1-32-21(6-8-24(32)33)17-11-19-14(9-20(31-19)18-5-3-15(12-29-18)25(26,27)28)10-22(17)36-16-4-7-23(30-13-16)37(2,34)35/h3-5,7,9-13,21,31H,6,8H2,1-2H3. The largest absolute Gasteiger partial charge is 0.455 e. The lowest BCUT2D eigenvalue weighted by molar-refractivity contribution is -0.137. The van der Waals surface area contributed by atoms with Gasteiger partial charge in [-0.2, -0.15) is 13.2 Å². The van der Waals surface area contributed by atoms with E-state index in [4.69, 9.17) is 4.74 Å². The van der Waals surface area contributed by atoms with Gasteiger partial charge in [0.05, 0.1) is 29.2 Å². The summed E-state index contributed by atoms with van der Waals surface area (Å²) in [5.74, 6) is 0.746. The van der Waals surface area contributed by atoms with Crippen LogP contribution in [0.15, 0.2) is 59.9 Å². The van der Waals surface area contributed by atoms with Crippen molar-refractivity contribution in [2.75, 3.05) is 13.3 Å². The Morgan fingerprint density at radius 3 is 2.43 bits per heavy atom. The van der Waals surface area contributed by atoms with E-state index in [1.165, 1.54) is 24.4 Å². The predicted molar refractivity (Wildman–Crippen MR) is 129 cm³/mol. The number of alkyl halides is 3. The number of pyridine rings is 2. The molecule has 0 spiro atoms. The van der Waals surface area contributed by atoms with Crippen molar-refractivity contribution in [2.45, 2.75) is 30.1 Å². The van der Waals surface area contributed by atoms with Gasteiger partial charge in [-0.25, -0.2) is 13.4 Å². The number of ether oxygens (including phenoxy) is 1. The monoisotopic (exact) mass is 530 g/mol. The number of amides is 1. The van der Waals surface area contributed by atoms with Gasteiger partial charge >= 0.3 is 6.18 Å². The van der Waals surface area contributed by atoms with Crippen LogP contribution in [0.5, 0.6) is 11.5 Å². The number of rotatable bonds is 5. The van der Waals surface area contributed by atoms with Crippen LogP contribution in [0.3, 0.4) is 0 Å². The van der Waals surface area contributed by atoms with E-state index < -0.39 is 21.6 Å². The molecule has 5 rings (SSSR count). The van der Waals surface area contributed by atoms with E-state index in [1.807, 2.05) is 6.07 Å². The first-order valence-corrected chi connectivity index (χ1v) is 13.1. The summed E-state index contributed by atoms with van der Waals surface area (Å²) in [6, 6.07) is 10.2. The van der Waals surface area contributed by atoms with Crippen LogP contribution in [0.25, 0.3) is 22.3 Å². The van der Waals surface area contributed by atoms with E-state index >= 15 is 0 Å². The van der Waals surface area contributed by atoms with Gasteiger partial charge in [-0.3, -0.25) is 9.78 Å². The van der Waals surface area contributed by atoms with Crippen molar-refractivity contribution in [2.24, 2.45) is 0 Å². The van der Waals surface area contributed by atoms with Crippen molar-refractivity contribution >= 4 is 26.6 Å². The Bertz CT molecular complexity index is 1600. The topological polar surface area (TPSA) is 105 Å². The molecule has 1 N–H and O–H groups in total. The number of fused-ring (bicyclic) bond motifs is 1. The van der Waals surface area contributed by atoms with Crippen LogP contribution in [0.4, 0.5) is 13.2 Å². The summed E-state index contributed by atoms with van der Waals surface area (Å²) in [5, 5.41) is 0.624. The number of nitrogens with one attached hydrogen (secondary N) is 1. The zero-order chi connectivity index (χ0) is 26.5. The number of H-pyrrole nitrogens is 1. The van der Waals surface area contributed by atoms with Gasteiger partial charge in [0.25, 0.3) is 0 Å². The fraction of sp³-hybridized carbons (Fsp3) is 0.240. The van der Waals surface area contributed by atoms with E-state index in [-0.39, 0.29) is 17.0 Å². The second-order valence-electron chi connectivity index (χ2n) is 8.86. The van der Waals surface area contributed by atoms with Crippen molar-refractivity contribution in [1.82, 2.24) is 19.9 Å². The number of benzene rings is 1. The number of likely N-dealkylation sites (tertiary alicyclic amines) is 1. The average molecular weight is 531 g/mol. The predicted octanol–water partition coefficient (Wildman–Crippen LogP) is 5.13. The third kappa shape index (κ3) is 4.88. The zero-order valence-electron chi connectivity index (χ0n) is 19.7. The molecule has 37 heavy (non-hydrogen) atoms. The second-order valence-corrected chi connectivity index (χ2v) is 10.8. The summed E-state index contributed by atoms with van der Waals surface area (Å²) in [6.45, 7) is 0. The number of hydrogen-bond acceptors (Lipinski definition) is 6. The van der Waals surface area contributed by atoms with Gasteiger partial charge in [-0.15, -0.1) is 0 Å². The molecule has 0 bridgehead atoms. The molecular weight excluding hydrogens is 509 g/mol. The molecule has 0 aliphatic carbocycles. The Labute approximate surface area is 210 Å². The fourth-order valence-corrected chi connectivity index (χ4v) is 4.89. The number of hydrogen-bond donors (Lipinski definition) is 1. The van der Waals surface area contributed by atoms with E-state index in [0.29, 0.717) is 46.6 Å². The molecule has 192 valence electrons. The Morgan fingerprint density at radius 1 is 1.08 bits per heavy atom. The van der Waals surface area contributed by atoms with Gasteiger partial charge in [0.15, 0.2) is 14.9 Å². The lowest BCUT2D eigenvalue weighted by Crippen LogP contribution is -2.22. The van der Waals surface area contributed by atoms with Gasteiger partial charge in [0, 0.05) is 42.4 Å². The maximum absolute atomic E-state index is 12.9. The lowest BCUT2D eigenvalue weighted by Gasteiger charge is -2.23. The molecule has 0 radical (unpaired) electrons. The molecule has 3 aromatic heterocycles. The van der Waals surface area contributed by atoms with Crippen LogP contribution in [0.1, 0.15) is 30.0 Å². The highest BCUT2D eigenvalue weighted by atomic mass is 32.2. The van der Waals surface area contributed by atoms with Crippen molar-refractivity contribution in [1.29, 1.82) is 0 Å². The number of carbonyl (C=O) groups is 1. The van der Waals surface area contributed by atoms with Gasteiger partial charge in [-0.05, 0) is 48.9 Å². The Morgan fingerprint density at radius 2 is 1.86 bits per heavy atom. The van der Waals surface area contributed by atoms with Gasteiger partial charge in [-0.1, -0.05) is 0 Å². The summed E-state index contributed by atoms with van der Waals surface area (Å²) in [4.78, 5) is 25.0. The molecule has 0 saturated carbocycles. The molecule has 1 aliphatic heterocycles. The van der Waals surface area contributed by atoms with Crippen LogP contribution in [0, 0.1) is 0 Å². The minimum absolute atomic E-state index is 0.00338. The maximum atomic E-state index is 12.9. The van der Waals surface area contributed by atoms with Crippen LogP contribution in [0.2, 0.25) is 0 Å². The highest BCUT2D eigenvalue weighted by molar-refractivity contribution is 7.90. The van der Waals surface area contributed by atoms with Crippen LogP contribution in [-0.2, 0) is 20.8 Å². The van der Waals surface area contributed by atoms with Gasteiger partial charge in [0.1, 0.15) is 11.5 Å². The van der Waals surface area contributed by atoms with E-state index in [0.717, 1.165) is 24.1 Å². The van der Waals surface area contributed by atoms with E-state index in [2.05, 4.69) is 15.0 Å². The van der Waals surface area contributed by atoms with Crippen LogP contribution in [-0.4, -0.2) is 47.5 Å². The molecule has 8 nitrogen and oxygen atoms in total. The first kappa shape index (κ1) is 24.8. The normalized spacial score (nSPS) is 16.5. The van der Waals surface area contributed by atoms with Crippen molar-refractivity contribution in [3.05, 3.63) is 66.0 Å². The SMILES string of the molecule is CN1C(=O)CCC1c1cc2[nH]c(-c3ccc(C(F)(F)F)cn3)cc2cc1Oc1ccc(S(C)(=O)=O)nc1. The molecule has 1 saturated heterocycles. The third-order valence-corrected chi connectivity index (χ3v) is 7.29. The quantitative estimate of drug-likeness (QED) is 0.384. The summed E-state index contributed by atoms with van der Waals surface area (Å²) in [7, 11) is -1.76. The summed E-state index contributed by atoms with van der Waals surface area (Å²) < 4.78 is 68.3. The molecule has 1 fully saturated rings. The lowest BCUT2D eigenvalue weighted by atomic mass is 10.0. The Balaban J connectivity index is 1.56. The molecule has 1 unspecified atom stereocenters. The second kappa shape index (κ2) is 8.87. The highest BCUT2D eigenvalue weighted by Gasteiger charge is 2.32. The summed E-state index contributed by atoms with van der Waals surface area (Å²) >= 11 is 0. The molecular formula is C25H21F3N4O4S. The smallest absolute Gasteiger partial charge is 0.417 e. The molecule has 4 heterocycles. The van der Waals surface area contributed by atoms with Gasteiger partial charge in [0.2, 0.25) is 5.91 Å².